The van der Waals surface area contributed by atoms with Gasteiger partial charge in [0.05, 0.1) is 6.61 Å². The minimum absolute atomic E-state index is 0.0735. The zero-order valence-corrected chi connectivity index (χ0v) is 21.2. The standard InChI is InChI=1S/C29H38O4/c1-9-11-23-19-21(20-26(32-28(3,4)5)27(23)33-29(6,7)8)12-17-25(30)22-13-15-24(16-14-22)31-18-10-2/h9,12-17,19-20H,1,10-11,18H2,2-8H3/b17-12+. The second-order valence-corrected chi connectivity index (χ2v) is 10.00. The van der Waals surface area contributed by atoms with Gasteiger partial charge in [-0.1, -0.05) is 19.1 Å². The van der Waals surface area contributed by atoms with E-state index in [4.69, 9.17) is 14.2 Å². The van der Waals surface area contributed by atoms with Gasteiger partial charge in [-0.25, -0.2) is 0 Å². The van der Waals surface area contributed by atoms with Gasteiger partial charge >= 0.3 is 0 Å². The van der Waals surface area contributed by atoms with E-state index in [-0.39, 0.29) is 11.4 Å². The Labute approximate surface area is 199 Å². The van der Waals surface area contributed by atoms with Crippen molar-refractivity contribution < 1.29 is 19.0 Å². The first-order valence-electron chi connectivity index (χ1n) is 11.5. The number of ketones is 1. The summed E-state index contributed by atoms with van der Waals surface area (Å²) in [6, 6.07) is 11.2. The lowest BCUT2D eigenvalue weighted by Crippen LogP contribution is -2.27. The molecule has 0 saturated heterocycles. The number of benzene rings is 2. The minimum atomic E-state index is -0.402. The van der Waals surface area contributed by atoms with Gasteiger partial charge in [-0.3, -0.25) is 4.79 Å². The van der Waals surface area contributed by atoms with Crippen LogP contribution in [0.2, 0.25) is 0 Å². The monoisotopic (exact) mass is 450 g/mol. The van der Waals surface area contributed by atoms with Crippen molar-refractivity contribution in [2.75, 3.05) is 6.61 Å². The maximum atomic E-state index is 12.7. The highest BCUT2D eigenvalue weighted by molar-refractivity contribution is 6.06. The molecule has 33 heavy (non-hydrogen) atoms. The molecule has 178 valence electrons. The predicted octanol–water partition coefficient (Wildman–Crippen LogP) is 7.45. The Morgan fingerprint density at radius 3 is 2.15 bits per heavy atom. The van der Waals surface area contributed by atoms with Gasteiger partial charge in [0.1, 0.15) is 17.0 Å². The third kappa shape index (κ3) is 8.80. The van der Waals surface area contributed by atoms with E-state index in [2.05, 4.69) is 13.5 Å². The number of hydrogen-bond donors (Lipinski definition) is 0. The average molecular weight is 451 g/mol. The van der Waals surface area contributed by atoms with Crippen molar-refractivity contribution in [3.8, 4) is 17.2 Å². The largest absolute Gasteiger partial charge is 0.494 e. The number of allylic oxidation sites excluding steroid dienone is 2. The summed E-state index contributed by atoms with van der Waals surface area (Å²) in [5.41, 5.74) is 1.66. The third-order valence-electron chi connectivity index (χ3n) is 4.38. The lowest BCUT2D eigenvalue weighted by atomic mass is 10.0. The molecule has 2 aromatic carbocycles. The molecule has 0 aliphatic heterocycles. The highest BCUT2D eigenvalue weighted by atomic mass is 16.5. The summed E-state index contributed by atoms with van der Waals surface area (Å²) >= 11 is 0. The molecule has 0 aliphatic rings. The Kier molecular flexibility index (Phi) is 8.92. The summed E-state index contributed by atoms with van der Waals surface area (Å²) in [7, 11) is 0. The fourth-order valence-corrected chi connectivity index (χ4v) is 3.12. The molecule has 2 rings (SSSR count). The highest BCUT2D eigenvalue weighted by Gasteiger charge is 2.23. The maximum absolute atomic E-state index is 12.7. The van der Waals surface area contributed by atoms with E-state index in [0.29, 0.717) is 30.1 Å². The molecule has 0 unspecified atom stereocenters. The summed E-state index contributed by atoms with van der Waals surface area (Å²) < 4.78 is 18.1. The first kappa shape index (κ1) is 26.2. The van der Waals surface area contributed by atoms with E-state index in [1.165, 1.54) is 0 Å². The second kappa shape index (κ2) is 11.2. The van der Waals surface area contributed by atoms with Crippen LogP contribution in [0.5, 0.6) is 17.2 Å². The minimum Gasteiger partial charge on any atom is -0.494 e. The Hall–Kier alpha value is -3.01. The molecular weight excluding hydrogens is 412 g/mol. The maximum Gasteiger partial charge on any atom is 0.185 e. The van der Waals surface area contributed by atoms with Crippen LogP contribution in [-0.2, 0) is 6.42 Å². The van der Waals surface area contributed by atoms with Gasteiger partial charge < -0.3 is 14.2 Å². The van der Waals surface area contributed by atoms with E-state index in [1.54, 1.807) is 18.2 Å². The van der Waals surface area contributed by atoms with Gasteiger partial charge in [0.2, 0.25) is 0 Å². The number of rotatable bonds is 10. The lowest BCUT2D eigenvalue weighted by Gasteiger charge is -2.29. The van der Waals surface area contributed by atoms with Crippen molar-refractivity contribution in [3.05, 3.63) is 71.8 Å². The first-order chi connectivity index (χ1) is 15.4. The molecule has 2 aromatic rings. The van der Waals surface area contributed by atoms with Crippen molar-refractivity contribution in [1.29, 1.82) is 0 Å². The fourth-order valence-electron chi connectivity index (χ4n) is 3.12. The SMILES string of the molecule is C=CCc1cc(/C=C/C(=O)c2ccc(OCCC)cc2)cc(OC(C)(C)C)c1OC(C)(C)C. The average Bonchev–Trinajstić information content (AvgIpc) is 2.71. The molecule has 0 spiro atoms. The smallest absolute Gasteiger partial charge is 0.185 e. The molecule has 0 saturated carbocycles. The van der Waals surface area contributed by atoms with Crippen molar-refractivity contribution in [3.63, 3.8) is 0 Å². The molecule has 0 aromatic heterocycles. The summed E-state index contributed by atoms with van der Waals surface area (Å²) in [6.07, 6.45) is 6.80. The van der Waals surface area contributed by atoms with Crippen LogP contribution in [0.3, 0.4) is 0 Å². The van der Waals surface area contributed by atoms with E-state index >= 15 is 0 Å². The Bertz CT molecular complexity index is 970. The van der Waals surface area contributed by atoms with Gasteiger partial charge in [0.15, 0.2) is 17.3 Å². The third-order valence-corrected chi connectivity index (χ3v) is 4.38. The van der Waals surface area contributed by atoms with Gasteiger partial charge in [-0.05, 0) is 102 Å². The molecule has 0 fully saturated rings. The lowest BCUT2D eigenvalue weighted by molar-refractivity contribution is 0.0948. The summed E-state index contributed by atoms with van der Waals surface area (Å²) in [4.78, 5) is 12.7. The molecule has 0 amide bonds. The molecule has 0 heterocycles. The molecule has 0 aliphatic carbocycles. The fraction of sp³-hybridized carbons (Fsp3) is 0.414. The van der Waals surface area contributed by atoms with Gasteiger partial charge in [0.25, 0.3) is 0 Å². The van der Waals surface area contributed by atoms with Crippen molar-refractivity contribution in [2.24, 2.45) is 0 Å². The predicted molar refractivity (Wildman–Crippen MR) is 137 cm³/mol. The second-order valence-electron chi connectivity index (χ2n) is 10.00. The molecule has 0 radical (unpaired) electrons. The van der Waals surface area contributed by atoms with Crippen molar-refractivity contribution in [1.82, 2.24) is 0 Å². The van der Waals surface area contributed by atoms with Crippen molar-refractivity contribution in [2.45, 2.75) is 72.5 Å². The zero-order valence-electron chi connectivity index (χ0n) is 21.2. The summed E-state index contributed by atoms with van der Waals surface area (Å²) in [5.74, 6) is 2.06. The van der Waals surface area contributed by atoms with E-state index < -0.39 is 5.60 Å². The van der Waals surface area contributed by atoms with Crippen LogP contribution in [0, 0.1) is 0 Å². The summed E-state index contributed by atoms with van der Waals surface area (Å²) in [5, 5.41) is 0. The normalized spacial score (nSPS) is 12.0. The van der Waals surface area contributed by atoms with E-state index in [0.717, 1.165) is 23.3 Å². The van der Waals surface area contributed by atoms with Gasteiger partial charge in [0, 0.05) is 11.1 Å². The van der Waals surface area contributed by atoms with Crippen LogP contribution in [-0.4, -0.2) is 23.6 Å². The number of ether oxygens (including phenoxy) is 3. The van der Waals surface area contributed by atoms with Crippen molar-refractivity contribution >= 4 is 11.9 Å². The van der Waals surface area contributed by atoms with Crippen LogP contribution in [0.1, 0.15) is 76.4 Å². The molecule has 4 heteroatoms. The van der Waals surface area contributed by atoms with Crippen LogP contribution in [0.25, 0.3) is 6.08 Å². The van der Waals surface area contributed by atoms with Crippen LogP contribution in [0.4, 0.5) is 0 Å². The van der Waals surface area contributed by atoms with Gasteiger partial charge in [-0.15, -0.1) is 6.58 Å². The number of carbonyl (C=O) groups excluding carboxylic acids is 1. The van der Waals surface area contributed by atoms with Crippen LogP contribution in [0.15, 0.2) is 55.1 Å². The molecule has 0 atom stereocenters. The zero-order chi connectivity index (χ0) is 24.6. The topological polar surface area (TPSA) is 44.8 Å². The molecule has 0 N–H and O–H groups in total. The Balaban J connectivity index is 2.37. The Morgan fingerprint density at radius 2 is 1.61 bits per heavy atom. The number of carbonyl (C=O) groups is 1. The molecule has 0 bridgehead atoms. The first-order valence-corrected chi connectivity index (χ1v) is 11.5. The quantitative estimate of drug-likeness (QED) is 0.214. The van der Waals surface area contributed by atoms with Gasteiger partial charge in [-0.2, -0.15) is 0 Å². The number of hydrogen-bond acceptors (Lipinski definition) is 4. The van der Waals surface area contributed by atoms with E-state index in [9.17, 15) is 4.79 Å². The molecular formula is C29H38O4. The Morgan fingerprint density at radius 1 is 0.970 bits per heavy atom. The van der Waals surface area contributed by atoms with Crippen LogP contribution < -0.4 is 14.2 Å². The molecule has 4 nitrogen and oxygen atoms in total. The summed E-state index contributed by atoms with van der Waals surface area (Å²) in [6.45, 7) is 18.6. The highest BCUT2D eigenvalue weighted by Crippen LogP contribution is 2.38. The van der Waals surface area contributed by atoms with Crippen LogP contribution >= 0.6 is 0 Å². The van der Waals surface area contributed by atoms with E-state index in [1.807, 2.05) is 78.0 Å².